The minimum atomic E-state index is -0.889. The van der Waals surface area contributed by atoms with Crippen molar-refractivity contribution in [3.05, 3.63) is 46.9 Å². The zero-order valence-corrected chi connectivity index (χ0v) is 8.74. The molecule has 1 aromatic carbocycles. The number of hydrogen-bond donors (Lipinski definition) is 3. The number of rotatable bonds is 2. The summed E-state index contributed by atoms with van der Waals surface area (Å²) in [5.41, 5.74) is 7.45. The smallest absolute Gasteiger partial charge is 0.151 e. The van der Waals surface area contributed by atoms with Crippen LogP contribution in [0, 0.1) is 12.7 Å². The highest BCUT2D eigenvalue weighted by molar-refractivity contribution is 5.46. The topological polar surface area (TPSA) is 74.9 Å². The standard InChI is InChI=1S/C11H12FN3O/c1-6-9(11(13)15-14-6)10(16)7-2-4-8(12)5-3-7/h2-5,10,16H,1H3,(H3,13,14,15). The lowest BCUT2D eigenvalue weighted by Crippen LogP contribution is -2.03. The number of benzene rings is 1. The third kappa shape index (κ3) is 1.77. The second-order valence-electron chi connectivity index (χ2n) is 3.60. The first-order chi connectivity index (χ1) is 7.59. The summed E-state index contributed by atoms with van der Waals surface area (Å²) in [5, 5.41) is 16.6. The molecule has 1 heterocycles. The number of nitrogen functional groups attached to an aromatic ring is 1. The number of H-pyrrole nitrogens is 1. The van der Waals surface area contributed by atoms with Crippen LogP contribution in [0.5, 0.6) is 0 Å². The highest BCUT2D eigenvalue weighted by Crippen LogP contribution is 2.27. The molecule has 0 aliphatic heterocycles. The molecule has 1 atom stereocenters. The minimum absolute atomic E-state index is 0.259. The van der Waals surface area contributed by atoms with Gasteiger partial charge in [0.05, 0.1) is 0 Å². The molecule has 0 amide bonds. The van der Waals surface area contributed by atoms with Crippen LogP contribution in [-0.2, 0) is 0 Å². The Morgan fingerprint density at radius 3 is 2.50 bits per heavy atom. The molecule has 0 aliphatic rings. The fraction of sp³-hybridized carbons (Fsp3) is 0.182. The lowest BCUT2D eigenvalue weighted by atomic mass is 10.0. The molecule has 0 radical (unpaired) electrons. The van der Waals surface area contributed by atoms with Gasteiger partial charge in [0.2, 0.25) is 0 Å². The van der Waals surface area contributed by atoms with Crippen molar-refractivity contribution in [1.29, 1.82) is 0 Å². The number of nitrogens with zero attached hydrogens (tertiary/aromatic N) is 1. The molecule has 4 nitrogen and oxygen atoms in total. The summed E-state index contributed by atoms with van der Waals surface area (Å²) in [6.45, 7) is 1.77. The van der Waals surface area contributed by atoms with E-state index >= 15 is 0 Å². The molecule has 84 valence electrons. The van der Waals surface area contributed by atoms with Gasteiger partial charge in [0.25, 0.3) is 0 Å². The Labute approximate surface area is 91.9 Å². The molecule has 1 aromatic heterocycles. The van der Waals surface area contributed by atoms with E-state index in [0.29, 0.717) is 16.8 Å². The predicted octanol–water partition coefficient (Wildman–Crippen LogP) is 1.52. The predicted molar refractivity (Wildman–Crippen MR) is 58.2 cm³/mol. The number of nitrogens with two attached hydrogens (primary N) is 1. The average Bonchev–Trinajstić information content (AvgIpc) is 2.59. The van der Waals surface area contributed by atoms with Gasteiger partial charge < -0.3 is 10.8 Å². The molecule has 16 heavy (non-hydrogen) atoms. The Kier molecular flexibility index (Phi) is 2.62. The summed E-state index contributed by atoms with van der Waals surface area (Å²) in [4.78, 5) is 0. The Morgan fingerprint density at radius 2 is 2.00 bits per heavy atom. The third-order valence-electron chi connectivity index (χ3n) is 2.48. The fourth-order valence-electron chi connectivity index (χ4n) is 1.61. The number of hydrogen-bond acceptors (Lipinski definition) is 3. The molecule has 2 rings (SSSR count). The van der Waals surface area contributed by atoms with E-state index in [2.05, 4.69) is 10.2 Å². The van der Waals surface area contributed by atoms with Crippen LogP contribution < -0.4 is 5.73 Å². The second-order valence-corrected chi connectivity index (χ2v) is 3.60. The maximum absolute atomic E-state index is 12.7. The first-order valence-electron chi connectivity index (χ1n) is 4.83. The number of nitrogens with one attached hydrogen (secondary N) is 1. The van der Waals surface area contributed by atoms with E-state index in [9.17, 15) is 9.50 Å². The van der Waals surface area contributed by atoms with Gasteiger partial charge in [0.15, 0.2) is 5.82 Å². The maximum atomic E-state index is 12.7. The van der Waals surface area contributed by atoms with Gasteiger partial charge in [0, 0.05) is 11.3 Å². The SMILES string of the molecule is Cc1[nH]nc(N)c1C(O)c1ccc(F)cc1. The van der Waals surface area contributed by atoms with E-state index in [1.807, 2.05) is 0 Å². The van der Waals surface area contributed by atoms with Crippen molar-refractivity contribution < 1.29 is 9.50 Å². The third-order valence-corrected chi connectivity index (χ3v) is 2.48. The second kappa shape index (κ2) is 3.94. The van der Waals surface area contributed by atoms with Crippen LogP contribution in [0.1, 0.15) is 22.9 Å². The van der Waals surface area contributed by atoms with Crippen molar-refractivity contribution in [1.82, 2.24) is 10.2 Å². The summed E-state index contributed by atoms with van der Waals surface area (Å²) in [6, 6.07) is 5.63. The van der Waals surface area contributed by atoms with Gasteiger partial charge in [-0.3, -0.25) is 5.10 Å². The van der Waals surface area contributed by atoms with Gasteiger partial charge in [-0.05, 0) is 24.6 Å². The van der Waals surface area contributed by atoms with Crippen LogP contribution in [0.15, 0.2) is 24.3 Å². The first-order valence-corrected chi connectivity index (χ1v) is 4.83. The van der Waals surface area contributed by atoms with Crippen LogP contribution in [0.4, 0.5) is 10.2 Å². The van der Waals surface area contributed by atoms with E-state index in [4.69, 9.17) is 5.73 Å². The lowest BCUT2D eigenvalue weighted by Gasteiger charge is -2.11. The molecule has 4 N–H and O–H groups in total. The van der Waals surface area contributed by atoms with Crippen LogP contribution in [0.2, 0.25) is 0 Å². The molecule has 0 spiro atoms. The van der Waals surface area contributed by atoms with Crippen molar-refractivity contribution in [2.24, 2.45) is 0 Å². The minimum Gasteiger partial charge on any atom is -0.383 e. The summed E-state index contributed by atoms with van der Waals surface area (Å²) < 4.78 is 12.7. The Balaban J connectivity index is 2.39. The molecule has 5 heteroatoms. The van der Waals surface area contributed by atoms with Gasteiger partial charge in [-0.2, -0.15) is 5.10 Å². The van der Waals surface area contributed by atoms with Crippen LogP contribution in [0.3, 0.4) is 0 Å². The van der Waals surface area contributed by atoms with E-state index in [0.717, 1.165) is 0 Å². The van der Waals surface area contributed by atoms with Crippen LogP contribution >= 0.6 is 0 Å². The van der Waals surface area contributed by atoms with Crippen molar-refractivity contribution in [3.63, 3.8) is 0 Å². The van der Waals surface area contributed by atoms with Crippen molar-refractivity contribution in [2.45, 2.75) is 13.0 Å². The Morgan fingerprint density at radius 1 is 1.38 bits per heavy atom. The number of aromatic amines is 1. The Hall–Kier alpha value is -1.88. The summed E-state index contributed by atoms with van der Waals surface area (Å²) in [7, 11) is 0. The Bertz CT molecular complexity index is 473. The highest BCUT2D eigenvalue weighted by atomic mass is 19.1. The molecule has 0 saturated heterocycles. The molecular formula is C11H12FN3O. The lowest BCUT2D eigenvalue weighted by molar-refractivity contribution is 0.220. The van der Waals surface area contributed by atoms with Crippen molar-refractivity contribution >= 4 is 5.82 Å². The van der Waals surface area contributed by atoms with Gasteiger partial charge in [0.1, 0.15) is 11.9 Å². The number of aromatic nitrogens is 2. The molecule has 0 aliphatic carbocycles. The van der Waals surface area contributed by atoms with Crippen LogP contribution in [-0.4, -0.2) is 15.3 Å². The molecular weight excluding hydrogens is 209 g/mol. The zero-order chi connectivity index (χ0) is 11.7. The van der Waals surface area contributed by atoms with E-state index in [1.165, 1.54) is 24.3 Å². The zero-order valence-electron chi connectivity index (χ0n) is 8.74. The largest absolute Gasteiger partial charge is 0.383 e. The van der Waals surface area contributed by atoms with Gasteiger partial charge in [-0.15, -0.1) is 0 Å². The molecule has 0 bridgehead atoms. The van der Waals surface area contributed by atoms with E-state index < -0.39 is 6.10 Å². The van der Waals surface area contributed by atoms with Crippen molar-refractivity contribution in [3.8, 4) is 0 Å². The number of aliphatic hydroxyl groups excluding tert-OH is 1. The van der Waals surface area contributed by atoms with Crippen LogP contribution in [0.25, 0.3) is 0 Å². The number of aryl methyl sites for hydroxylation is 1. The fourth-order valence-corrected chi connectivity index (χ4v) is 1.61. The maximum Gasteiger partial charge on any atom is 0.151 e. The quantitative estimate of drug-likeness (QED) is 0.719. The summed E-state index contributed by atoms with van der Waals surface area (Å²) in [6.07, 6.45) is -0.889. The number of halogens is 1. The molecule has 0 fully saturated rings. The average molecular weight is 221 g/mol. The van der Waals surface area contributed by atoms with Gasteiger partial charge in [-0.1, -0.05) is 12.1 Å². The molecule has 2 aromatic rings. The summed E-state index contributed by atoms with van der Waals surface area (Å²) >= 11 is 0. The van der Waals surface area contributed by atoms with E-state index in [-0.39, 0.29) is 11.6 Å². The number of aliphatic hydroxyl groups is 1. The highest BCUT2D eigenvalue weighted by Gasteiger charge is 2.18. The molecule has 1 unspecified atom stereocenters. The normalized spacial score (nSPS) is 12.7. The van der Waals surface area contributed by atoms with E-state index in [1.54, 1.807) is 6.92 Å². The molecule has 0 saturated carbocycles. The monoisotopic (exact) mass is 221 g/mol. The summed E-state index contributed by atoms with van der Waals surface area (Å²) in [5.74, 6) is -0.0813. The number of anilines is 1. The van der Waals surface area contributed by atoms with Gasteiger partial charge >= 0.3 is 0 Å². The first kappa shape index (κ1) is 10.6. The van der Waals surface area contributed by atoms with Crippen molar-refractivity contribution in [2.75, 3.05) is 5.73 Å². The van der Waals surface area contributed by atoms with Gasteiger partial charge in [-0.25, -0.2) is 4.39 Å².